The minimum atomic E-state index is -0.469. The number of carbonyl (C=O) groups is 2. The zero-order valence-electron chi connectivity index (χ0n) is 17.9. The van der Waals surface area contributed by atoms with Gasteiger partial charge < -0.3 is 15.6 Å². The van der Waals surface area contributed by atoms with Gasteiger partial charge in [0.25, 0.3) is 11.8 Å². The molecule has 2 amide bonds. The van der Waals surface area contributed by atoms with Crippen molar-refractivity contribution in [3.63, 3.8) is 0 Å². The molecule has 5 rings (SSSR count). The van der Waals surface area contributed by atoms with E-state index in [0.717, 1.165) is 52.7 Å². The van der Waals surface area contributed by atoms with E-state index in [1.165, 1.54) is 27.6 Å². The first-order valence-electron chi connectivity index (χ1n) is 10.7. The molecule has 33 heavy (non-hydrogen) atoms. The second-order valence-electron chi connectivity index (χ2n) is 8.03. The lowest BCUT2D eigenvalue weighted by molar-refractivity contribution is 0.0979. The Balaban J connectivity index is 1.37. The number of carbonyl (C=O) groups excluding carboxylic acids is 2. The van der Waals surface area contributed by atoms with Gasteiger partial charge in [0, 0.05) is 22.1 Å². The molecule has 1 aromatic carbocycles. The van der Waals surface area contributed by atoms with Gasteiger partial charge in [-0.2, -0.15) is 0 Å². The van der Waals surface area contributed by atoms with E-state index in [4.69, 9.17) is 18.0 Å². The number of hydrogen-bond acceptors (Lipinski definition) is 5. The summed E-state index contributed by atoms with van der Waals surface area (Å²) in [5.74, 6) is -0.751. The van der Waals surface area contributed by atoms with Gasteiger partial charge in [-0.05, 0) is 74.2 Å². The van der Waals surface area contributed by atoms with E-state index in [2.05, 4.69) is 21.4 Å². The highest BCUT2D eigenvalue weighted by atomic mass is 32.1. The molecule has 0 radical (unpaired) electrons. The number of amides is 2. The van der Waals surface area contributed by atoms with Crippen LogP contribution in [0, 0.1) is 6.92 Å². The van der Waals surface area contributed by atoms with Crippen LogP contribution in [0.1, 0.15) is 48.9 Å². The number of fused-ring (bicyclic) bond motifs is 2. The monoisotopic (exact) mass is 494 g/mol. The topological polar surface area (TPSA) is 89.2 Å². The lowest BCUT2D eigenvalue weighted by Gasteiger charge is -2.11. The number of anilines is 1. The van der Waals surface area contributed by atoms with E-state index in [1.54, 1.807) is 0 Å². The summed E-state index contributed by atoms with van der Waals surface area (Å²) in [7, 11) is 0. The Morgan fingerprint density at radius 2 is 1.88 bits per heavy atom. The number of hydrogen-bond donors (Lipinski definition) is 3. The zero-order chi connectivity index (χ0) is 23.1. The van der Waals surface area contributed by atoms with Gasteiger partial charge in [-0.25, -0.2) is 0 Å². The Labute approximate surface area is 204 Å². The Kier molecular flexibility index (Phi) is 5.77. The summed E-state index contributed by atoms with van der Waals surface area (Å²) >= 11 is 8.31. The van der Waals surface area contributed by atoms with E-state index < -0.39 is 5.91 Å². The summed E-state index contributed by atoms with van der Waals surface area (Å²) in [5.41, 5.74) is 9.32. The van der Waals surface area contributed by atoms with Crippen LogP contribution in [-0.4, -0.2) is 21.5 Å². The van der Waals surface area contributed by atoms with Crippen LogP contribution in [-0.2, 0) is 12.8 Å². The molecule has 6 nitrogen and oxygen atoms in total. The molecule has 1 aliphatic carbocycles. The molecule has 0 saturated carbocycles. The molecule has 4 N–H and O–H groups in total. The van der Waals surface area contributed by atoms with E-state index in [-0.39, 0.29) is 11.0 Å². The first-order chi connectivity index (χ1) is 15.9. The van der Waals surface area contributed by atoms with Crippen LogP contribution < -0.4 is 16.4 Å². The van der Waals surface area contributed by atoms with E-state index in [9.17, 15) is 9.59 Å². The Hall–Kier alpha value is -3.01. The van der Waals surface area contributed by atoms with Crippen molar-refractivity contribution in [2.24, 2.45) is 5.73 Å². The highest BCUT2D eigenvalue weighted by Crippen LogP contribution is 2.38. The minimum Gasteiger partial charge on any atom is -0.365 e. The first kappa shape index (κ1) is 21.8. The van der Waals surface area contributed by atoms with Crippen LogP contribution in [0.4, 0.5) is 5.00 Å². The molecule has 0 atom stereocenters. The third kappa shape index (κ3) is 4.07. The van der Waals surface area contributed by atoms with Crippen LogP contribution >= 0.6 is 34.9 Å². The average Bonchev–Trinajstić information content (AvgIpc) is 3.47. The number of aryl methyl sites for hydroxylation is 2. The zero-order valence-corrected chi connectivity index (χ0v) is 20.4. The molecule has 0 aliphatic heterocycles. The molecule has 168 valence electrons. The van der Waals surface area contributed by atoms with Crippen molar-refractivity contribution in [2.45, 2.75) is 32.6 Å². The standard InChI is InChI=1S/C24H22N4O2S3/c1-13-12-28(14-7-3-2-4-8-14)23-16(13)11-18(33-23)21(30)26-24(31)27-22-19(20(25)29)15-9-5-6-10-17(15)32-22/h2-4,7-8,11-12H,5-6,9-10H2,1H3,(H2,25,29)(H2,26,27,30,31). The molecule has 0 unspecified atom stereocenters. The Morgan fingerprint density at radius 1 is 1.12 bits per heavy atom. The van der Waals surface area contributed by atoms with Gasteiger partial charge in [-0.3, -0.25) is 14.9 Å². The second-order valence-corrected chi connectivity index (χ2v) is 10.6. The minimum absolute atomic E-state index is 0.154. The number of rotatable bonds is 4. The normalized spacial score (nSPS) is 13.0. The number of nitrogens with one attached hydrogen (secondary N) is 2. The van der Waals surface area contributed by atoms with Gasteiger partial charge in [-0.15, -0.1) is 22.7 Å². The summed E-state index contributed by atoms with van der Waals surface area (Å²) in [6.45, 7) is 2.03. The van der Waals surface area contributed by atoms with Gasteiger partial charge in [-0.1, -0.05) is 18.2 Å². The average molecular weight is 495 g/mol. The smallest absolute Gasteiger partial charge is 0.267 e. The summed E-state index contributed by atoms with van der Waals surface area (Å²) < 4.78 is 2.10. The molecule has 0 fully saturated rings. The molecule has 0 spiro atoms. The Bertz CT molecular complexity index is 1400. The number of nitrogens with two attached hydrogens (primary N) is 1. The second kappa shape index (κ2) is 8.74. The summed E-state index contributed by atoms with van der Waals surface area (Å²) in [6.07, 6.45) is 6.00. The molecular formula is C24H22N4O2S3. The maximum Gasteiger partial charge on any atom is 0.267 e. The van der Waals surface area contributed by atoms with Crippen LogP contribution in [0.5, 0.6) is 0 Å². The number of benzene rings is 1. The fraction of sp³-hybridized carbons (Fsp3) is 0.208. The quantitative estimate of drug-likeness (QED) is 0.342. The molecule has 0 bridgehead atoms. The highest BCUT2D eigenvalue weighted by Gasteiger charge is 2.25. The molecule has 9 heteroatoms. The summed E-state index contributed by atoms with van der Waals surface area (Å²) in [5, 5.41) is 7.61. The fourth-order valence-electron chi connectivity index (χ4n) is 4.27. The SMILES string of the molecule is Cc1cn(-c2ccccc2)c2sc(C(=O)NC(=S)Nc3sc4c(c3C(N)=O)CCCC4)cc12. The van der Waals surface area contributed by atoms with Crippen molar-refractivity contribution in [2.75, 3.05) is 5.32 Å². The number of nitrogens with zero attached hydrogens (tertiary/aromatic N) is 1. The lowest BCUT2D eigenvalue weighted by atomic mass is 9.95. The van der Waals surface area contributed by atoms with E-state index >= 15 is 0 Å². The number of aromatic nitrogens is 1. The van der Waals surface area contributed by atoms with Crippen molar-refractivity contribution in [1.29, 1.82) is 0 Å². The molecule has 4 aromatic rings. The van der Waals surface area contributed by atoms with Crippen molar-refractivity contribution < 1.29 is 9.59 Å². The third-order valence-corrected chi connectivity index (χ3v) is 8.35. The molecule has 3 aromatic heterocycles. The van der Waals surface area contributed by atoms with Crippen LogP contribution in [0.3, 0.4) is 0 Å². The highest BCUT2D eigenvalue weighted by molar-refractivity contribution is 7.80. The largest absolute Gasteiger partial charge is 0.365 e. The molecule has 3 heterocycles. The third-order valence-electron chi connectivity index (χ3n) is 5.81. The number of thiocarbonyl (C=S) groups is 1. The maximum absolute atomic E-state index is 13.0. The predicted molar refractivity (Wildman–Crippen MR) is 139 cm³/mol. The lowest BCUT2D eigenvalue weighted by Crippen LogP contribution is -2.34. The van der Waals surface area contributed by atoms with Gasteiger partial charge in [0.05, 0.1) is 10.4 Å². The van der Waals surface area contributed by atoms with Gasteiger partial charge in [0.1, 0.15) is 9.83 Å². The molecular weight excluding hydrogens is 472 g/mol. The van der Waals surface area contributed by atoms with Crippen LogP contribution in [0.15, 0.2) is 42.6 Å². The Morgan fingerprint density at radius 3 is 2.64 bits per heavy atom. The summed E-state index contributed by atoms with van der Waals surface area (Å²) in [6, 6.07) is 11.9. The van der Waals surface area contributed by atoms with Crippen LogP contribution in [0.2, 0.25) is 0 Å². The van der Waals surface area contributed by atoms with Crippen LogP contribution in [0.25, 0.3) is 15.9 Å². The van der Waals surface area contributed by atoms with Crippen molar-refractivity contribution >= 4 is 67.0 Å². The molecule has 1 aliphatic rings. The van der Waals surface area contributed by atoms with E-state index in [1.807, 2.05) is 43.3 Å². The van der Waals surface area contributed by atoms with Gasteiger partial charge in [0.15, 0.2) is 5.11 Å². The van der Waals surface area contributed by atoms with Gasteiger partial charge >= 0.3 is 0 Å². The van der Waals surface area contributed by atoms with Crippen molar-refractivity contribution in [3.8, 4) is 5.69 Å². The summed E-state index contributed by atoms with van der Waals surface area (Å²) in [4.78, 5) is 27.8. The fourth-order valence-corrected chi connectivity index (χ4v) is 6.94. The number of primary amides is 1. The predicted octanol–water partition coefficient (Wildman–Crippen LogP) is 5.17. The van der Waals surface area contributed by atoms with Crippen molar-refractivity contribution in [3.05, 3.63) is 69.0 Å². The van der Waals surface area contributed by atoms with Gasteiger partial charge in [0.2, 0.25) is 0 Å². The van der Waals surface area contributed by atoms with Crippen molar-refractivity contribution in [1.82, 2.24) is 9.88 Å². The molecule has 0 saturated heterocycles. The van der Waals surface area contributed by atoms with E-state index in [0.29, 0.717) is 15.4 Å². The first-order valence-corrected chi connectivity index (χ1v) is 12.7. The maximum atomic E-state index is 13.0. The number of para-hydroxylation sites is 1. The number of thiophene rings is 2.